The fourth-order valence-electron chi connectivity index (χ4n) is 3.31. The first-order chi connectivity index (χ1) is 15.8. The molecule has 9 heteroatoms. The Balaban J connectivity index is 1.59. The molecule has 2 aromatic heterocycles. The first-order valence-corrected chi connectivity index (χ1v) is 12.0. The van der Waals surface area contributed by atoms with Crippen molar-refractivity contribution in [2.45, 2.75) is 9.79 Å². The number of fused-ring (bicyclic) bond motifs is 1. The summed E-state index contributed by atoms with van der Waals surface area (Å²) in [7, 11) is 2.51. The van der Waals surface area contributed by atoms with Crippen molar-refractivity contribution in [1.29, 1.82) is 0 Å². The molecule has 0 aliphatic carbocycles. The largest absolute Gasteiger partial charge is 0.358 e. The van der Waals surface area contributed by atoms with E-state index in [4.69, 9.17) is 0 Å². The molecule has 4 rings (SSSR count). The van der Waals surface area contributed by atoms with Gasteiger partial charge in [-0.3, -0.25) is 0 Å². The maximum Gasteiger partial charge on any atom is 0.206 e. The van der Waals surface area contributed by atoms with Crippen LogP contribution >= 0.6 is 0 Å². The van der Waals surface area contributed by atoms with Gasteiger partial charge in [-0.25, -0.2) is 23.4 Å². The molecular formula is C24H26N6O2S. The maximum atomic E-state index is 12.8. The predicted molar refractivity (Wildman–Crippen MR) is 131 cm³/mol. The quantitative estimate of drug-likeness (QED) is 0.425. The summed E-state index contributed by atoms with van der Waals surface area (Å²) >= 11 is 0. The predicted octanol–water partition coefficient (Wildman–Crippen LogP) is 3.60. The van der Waals surface area contributed by atoms with Gasteiger partial charge in [0.15, 0.2) is 0 Å². The van der Waals surface area contributed by atoms with Crippen molar-refractivity contribution in [3.8, 4) is 0 Å². The van der Waals surface area contributed by atoms with E-state index in [0.717, 1.165) is 35.5 Å². The van der Waals surface area contributed by atoms with Gasteiger partial charge in [0.1, 0.15) is 18.0 Å². The van der Waals surface area contributed by atoms with Crippen LogP contribution in [0.2, 0.25) is 0 Å². The summed E-state index contributed by atoms with van der Waals surface area (Å²) in [6.07, 6.45) is 3.22. The van der Waals surface area contributed by atoms with Gasteiger partial charge in [-0.15, -0.1) is 0 Å². The van der Waals surface area contributed by atoms with Gasteiger partial charge >= 0.3 is 0 Å². The van der Waals surface area contributed by atoms with Gasteiger partial charge in [-0.1, -0.05) is 18.2 Å². The summed E-state index contributed by atoms with van der Waals surface area (Å²) in [5.74, 6) is 1.45. The van der Waals surface area contributed by atoms with E-state index < -0.39 is 9.84 Å². The van der Waals surface area contributed by atoms with Crippen LogP contribution in [-0.2, 0) is 9.84 Å². The molecule has 0 saturated carbocycles. The van der Waals surface area contributed by atoms with Crippen molar-refractivity contribution >= 4 is 38.1 Å². The summed E-state index contributed by atoms with van der Waals surface area (Å²) in [4.78, 5) is 18.0. The van der Waals surface area contributed by atoms with E-state index in [2.05, 4.69) is 30.1 Å². The monoisotopic (exact) mass is 462 g/mol. The van der Waals surface area contributed by atoms with Gasteiger partial charge in [-0.05, 0) is 56.6 Å². The summed E-state index contributed by atoms with van der Waals surface area (Å²) < 4.78 is 25.6. The third-order valence-electron chi connectivity index (χ3n) is 5.26. The maximum absolute atomic E-state index is 12.8. The van der Waals surface area contributed by atoms with Crippen molar-refractivity contribution in [1.82, 2.24) is 19.9 Å². The SMILES string of the molecule is CN(C)CCN(C)c1cc2c(Nc3ccc(S(=O)(=O)c4ccccc4)cc3)ncnc2cn1. The minimum absolute atomic E-state index is 0.237. The normalized spacial score (nSPS) is 11.6. The molecule has 2 aromatic carbocycles. The van der Waals surface area contributed by atoms with E-state index in [1.807, 2.05) is 27.2 Å². The topological polar surface area (TPSA) is 91.3 Å². The molecule has 4 aromatic rings. The van der Waals surface area contributed by atoms with Crippen LogP contribution in [0.4, 0.5) is 17.3 Å². The number of nitrogens with one attached hydrogen (secondary N) is 1. The Morgan fingerprint density at radius 2 is 1.55 bits per heavy atom. The molecule has 0 saturated heterocycles. The number of likely N-dealkylation sites (N-methyl/N-ethyl adjacent to an activating group) is 2. The molecule has 0 radical (unpaired) electrons. The van der Waals surface area contributed by atoms with E-state index >= 15 is 0 Å². The summed E-state index contributed by atoms with van der Waals surface area (Å²) in [6.45, 7) is 1.74. The minimum Gasteiger partial charge on any atom is -0.358 e. The molecule has 0 aliphatic heterocycles. The number of rotatable bonds is 8. The number of sulfone groups is 1. The van der Waals surface area contributed by atoms with Gasteiger partial charge in [0.05, 0.1) is 21.5 Å². The van der Waals surface area contributed by atoms with Crippen LogP contribution in [0.1, 0.15) is 0 Å². The fraction of sp³-hybridized carbons (Fsp3) is 0.208. The zero-order valence-electron chi connectivity index (χ0n) is 18.8. The third kappa shape index (κ3) is 5.10. The smallest absolute Gasteiger partial charge is 0.206 e. The fourth-order valence-corrected chi connectivity index (χ4v) is 4.59. The van der Waals surface area contributed by atoms with Crippen LogP contribution in [0.5, 0.6) is 0 Å². The van der Waals surface area contributed by atoms with Gasteiger partial charge in [0.2, 0.25) is 9.84 Å². The number of nitrogens with zero attached hydrogens (tertiary/aromatic N) is 5. The van der Waals surface area contributed by atoms with Crippen LogP contribution in [0.15, 0.2) is 83.0 Å². The molecule has 0 fully saturated rings. The zero-order valence-corrected chi connectivity index (χ0v) is 19.6. The van der Waals surface area contributed by atoms with Crippen molar-refractivity contribution in [3.05, 3.63) is 73.2 Å². The first-order valence-electron chi connectivity index (χ1n) is 10.5. The Kier molecular flexibility index (Phi) is 6.52. The highest BCUT2D eigenvalue weighted by molar-refractivity contribution is 7.91. The lowest BCUT2D eigenvalue weighted by molar-refractivity contribution is 0.416. The standard InChI is InChI=1S/C24H26N6O2S/c1-29(2)13-14-30(3)23-15-21-22(16-25-23)26-17-27-24(21)28-18-9-11-20(12-10-18)33(31,32)19-7-5-4-6-8-19/h4-12,15-17H,13-14H2,1-3H3,(H,26,27,28). The van der Waals surface area contributed by atoms with E-state index in [1.54, 1.807) is 60.8 Å². The van der Waals surface area contributed by atoms with Gasteiger partial charge in [0.25, 0.3) is 0 Å². The third-order valence-corrected chi connectivity index (χ3v) is 7.05. The van der Waals surface area contributed by atoms with Crippen LogP contribution in [0, 0.1) is 0 Å². The van der Waals surface area contributed by atoms with Gasteiger partial charge in [-0.2, -0.15) is 0 Å². The van der Waals surface area contributed by atoms with Crippen molar-refractivity contribution in [2.75, 3.05) is 44.4 Å². The van der Waals surface area contributed by atoms with Gasteiger partial charge in [0, 0.05) is 31.2 Å². The van der Waals surface area contributed by atoms with Crippen LogP contribution in [0.3, 0.4) is 0 Å². The molecule has 8 nitrogen and oxygen atoms in total. The van der Waals surface area contributed by atoms with Crippen molar-refractivity contribution < 1.29 is 8.42 Å². The van der Waals surface area contributed by atoms with Crippen LogP contribution in [-0.4, -0.2) is 62.5 Å². The summed E-state index contributed by atoms with van der Waals surface area (Å²) in [5.41, 5.74) is 1.45. The highest BCUT2D eigenvalue weighted by atomic mass is 32.2. The Labute approximate surface area is 193 Å². The van der Waals surface area contributed by atoms with Crippen molar-refractivity contribution in [3.63, 3.8) is 0 Å². The lowest BCUT2D eigenvalue weighted by atomic mass is 10.2. The second-order valence-electron chi connectivity index (χ2n) is 7.97. The molecule has 2 heterocycles. The lowest BCUT2D eigenvalue weighted by Crippen LogP contribution is -2.28. The number of hydrogen-bond donors (Lipinski definition) is 1. The van der Waals surface area contributed by atoms with E-state index in [1.165, 1.54) is 6.33 Å². The molecule has 0 aliphatic rings. The molecule has 0 bridgehead atoms. The molecule has 0 spiro atoms. The second-order valence-corrected chi connectivity index (χ2v) is 9.92. The number of aromatic nitrogens is 3. The van der Waals surface area contributed by atoms with Crippen LogP contribution < -0.4 is 10.2 Å². The molecule has 0 unspecified atom stereocenters. The van der Waals surface area contributed by atoms with Gasteiger partial charge < -0.3 is 15.1 Å². The summed E-state index contributed by atoms with van der Waals surface area (Å²) in [5, 5.41) is 4.11. The number of pyridine rings is 1. The number of anilines is 3. The zero-order chi connectivity index (χ0) is 23.4. The Hall–Kier alpha value is -3.56. The molecule has 170 valence electrons. The number of benzene rings is 2. The Morgan fingerprint density at radius 3 is 2.24 bits per heavy atom. The molecule has 33 heavy (non-hydrogen) atoms. The van der Waals surface area contributed by atoms with E-state index in [9.17, 15) is 8.42 Å². The average Bonchev–Trinajstić information content (AvgIpc) is 2.83. The first kappa shape index (κ1) is 22.6. The molecule has 1 N–H and O–H groups in total. The lowest BCUT2D eigenvalue weighted by Gasteiger charge is -2.21. The average molecular weight is 463 g/mol. The molecule has 0 atom stereocenters. The number of hydrogen-bond acceptors (Lipinski definition) is 8. The van der Waals surface area contributed by atoms with E-state index in [-0.39, 0.29) is 9.79 Å². The highest BCUT2D eigenvalue weighted by Gasteiger charge is 2.17. The minimum atomic E-state index is -3.56. The van der Waals surface area contributed by atoms with Crippen LogP contribution in [0.25, 0.3) is 10.9 Å². The molecular weight excluding hydrogens is 436 g/mol. The van der Waals surface area contributed by atoms with Crippen molar-refractivity contribution in [2.24, 2.45) is 0 Å². The Morgan fingerprint density at radius 1 is 0.848 bits per heavy atom. The molecule has 0 amide bonds. The highest BCUT2D eigenvalue weighted by Crippen LogP contribution is 2.27. The Bertz CT molecular complexity index is 1340. The summed E-state index contributed by atoms with van der Waals surface area (Å²) in [6, 6.07) is 17.0. The second kappa shape index (κ2) is 9.51. The van der Waals surface area contributed by atoms with E-state index in [0.29, 0.717) is 5.82 Å².